The maximum Gasteiger partial charge on any atom is 0.323 e. The fraction of sp³-hybridized carbons (Fsp3) is 0.400. The zero-order valence-corrected chi connectivity index (χ0v) is 12.9. The molecule has 0 bridgehead atoms. The van der Waals surface area contributed by atoms with Crippen LogP contribution in [0.1, 0.15) is 42.3 Å². The van der Waals surface area contributed by atoms with E-state index in [1.54, 1.807) is 11.9 Å². The van der Waals surface area contributed by atoms with Crippen LogP contribution in [0.5, 0.6) is 0 Å². The molecule has 5 nitrogen and oxygen atoms in total. The topological polar surface area (TPSA) is 58.1 Å². The second-order valence-electron chi connectivity index (χ2n) is 5.35. The molecule has 110 valence electrons. The number of carbonyl (C=O) groups is 1. The zero-order valence-electron chi connectivity index (χ0n) is 12.1. The predicted molar refractivity (Wildman–Crippen MR) is 83.5 cm³/mol. The van der Waals surface area contributed by atoms with E-state index in [2.05, 4.69) is 15.5 Å². The van der Waals surface area contributed by atoms with Crippen LogP contribution in [-0.4, -0.2) is 28.2 Å². The minimum atomic E-state index is -0.162. The van der Waals surface area contributed by atoms with Gasteiger partial charge < -0.3 is 4.90 Å². The van der Waals surface area contributed by atoms with Crippen molar-refractivity contribution in [2.45, 2.75) is 31.7 Å². The van der Waals surface area contributed by atoms with Gasteiger partial charge in [-0.05, 0) is 25.3 Å². The summed E-state index contributed by atoms with van der Waals surface area (Å²) in [5.74, 6) is 0.564. The Bertz CT molecular complexity index is 624. The van der Waals surface area contributed by atoms with Gasteiger partial charge in [-0.2, -0.15) is 0 Å². The number of amides is 2. The van der Waals surface area contributed by atoms with Gasteiger partial charge in [0.2, 0.25) is 5.13 Å². The van der Waals surface area contributed by atoms with E-state index in [0.717, 1.165) is 10.6 Å². The number of rotatable bonds is 4. The molecule has 1 atom stereocenters. The lowest BCUT2D eigenvalue weighted by Crippen LogP contribution is -2.33. The highest BCUT2D eigenvalue weighted by Gasteiger charge is 2.28. The number of carbonyl (C=O) groups excluding carboxylic acids is 1. The molecule has 0 unspecified atom stereocenters. The first-order valence-corrected chi connectivity index (χ1v) is 7.89. The molecular formula is C15H18N4OS. The molecule has 2 amide bonds. The van der Waals surface area contributed by atoms with Gasteiger partial charge in [-0.15, -0.1) is 10.2 Å². The molecular weight excluding hydrogens is 284 g/mol. The Kier molecular flexibility index (Phi) is 3.88. The monoisotopic (exact) mass is 302 g/mol. The van der Waals surface area contributed by atoms with E-state index in [9.17, 15) is 4.79 Å². The Labute approximate surface area is 128 Å². The highest BCUT2D eigenvalue weighted by molar-refractivity contribution is 7.15. The van der Waals surface area contributed by atoms with Crippen LogP contribution in [0.4, 0.5) is 9.93 Å². The molecule has 1 aromatic heterocycles. The molecule has 0 saturated heterocycles. The van der Waals surface area contributed by atoms with Crippen LogP contribution in [0.15, 0.2) is 30.3 Å². The second kappa shape index (κ2) is 5.81. The molecule has 1 aliphatic carbocycles. The summed E-state index contributed by atoms with van der Waals surface area (Å²) in [4.78, 5) is 13.9. The van der Waals surface area contributed by atoms with E-state index in [-0.39, 0.29) is 12.1 Å². The maximum absolute atomic E-state index is 12.3. The third kappa shape index (κ3) is 3.21. The summed E-state index contributed by atoms with van der Waals surface area (Å²) in [5, 5.41) is 12.6. The Hall–Kier alpha value is -1.95. The van der Waals surface area contributed by atoms with E-state index in [1.807, 2.05) is 37.3 Å². The van der Waals surface area contributed by atoms with Gasteiger partial charge in [0.25, 0.3) is 0 Å². The van der Waals surface area contributed by atoms with Crippen LogP contribution in [0.2, 0.25) is 0 Å². The molecule has 3 rings (SSSR count). The van der Waals surface area contributed by atoms with Gasteiger partial charge in [-0.25, -0.2) is 4.79 Å². The van der Waals surface area contributed by atoms with E-state index in [1.165, 1.54) is 24.2 Å². The minimum absolute atomic E-state index is 0.00187. The first kappa shape index (κ1) is 14.0. The fourth-order valence-corrected chi connectivity index (χ4v) is 2.99. The molecule has 1 heterocycles. The van der Waals surface area contributed by atoms with Crippen molar-refractivity contribution in [1.29, 1.82) is 0 Å². The molecule has 1 N–H and O–H groups in total. The van der Waals surface area contributed by atoms with Crippen LogP contribution in [0, 0.1) is 0 Å². The maximum atomic E-state index is 12.3. The number of anilines is 1. The van der Waals surface area contributed by atoms with Crippen molar-refractivity contribution in [1.82, 2.24) is 15.1 Å². The summed E-state index contributed by atoms with van der Waals surface area (Å²) >= 11 is 1.48. The molecule has 0 spiro atoms. The third-order valence-corrected chi connectivity index (χ3v) is 4.77. The quantitative estimate of drug-likeness (QED) is 0.938. The van der Waals surface area contributed by atoms with Gasteiger partial charge >= 0.3 is 6.03 Å². The van der Waals surface area contributed by atoms with E-state index in [4.69, 9.17) is 0 Å². The van der Waals surface area contributed by atoms with Crippen molar-refractivity contribution in [3.63, 3.8) is 0 Å². The van der Waals surface area contributed by atoms with Gasteiger partial charge in [0.1, 0.15) is 5.01 Å². The zero-order chi connectivity index (χ0) is 14.8. The highest BCUT2D eigenvalue weighted by Crippen LogP contribution is 2.42. The molecule has 2 aromatic rings. The lowest BCUT2D eigenvalue weighted by molar-refractivity contribution is 0.208. The van der Waals surface area contributed by atoms with Gasteiger partial charge in [0.15, 0.2) is 0 Å². The summed E-state index contributed by atoms with van der Waals surface area (Å²) in [6.45, 7) is 2.00. The lowest BCUT2D eigenvalue weighted by atomic mass is 10.1. The van der Waals surface area contributed by atoms with Crippen LogP contribution in [0.3, 0.4) is 0 Å². The number of hydrogen-bond acceptors (Lipinski definition) is 4. The summed E-state index contributed by atoms with van der Waals surface area (Å²) < 4.78 is 0. The van der Waals surface area contributed by atoms with Crippen molar-refractivity contribution in [3.05, 3.63) is 40.9 Å². The van der Waals surface area contributed by atoms with Gasteiger partial charge in [0, 0.05) is 13.0 Å². The largest absolute Gasteiger partial charge is 0.323 e. The van der Waals surface area contributed by atoms with E-state index >= 15 is 0 Å². The summed E-state index contributed by atoms with van der Waals surface area (Å²) in [6, 6.07) is 9.80. The number of nitrogens with one attached hydrogen (secondary N) is 1. The average molecular weight is 302 g/mol. The SMILES string of the molecule is C[C@@H](c1ccccc1)N(C)C(=O)Nc1nnc(C2CC2)s1. The standard InChI is InChI=1S/C15H18N4OS/c1-10(11-6-4-3-5-7-11)19(2)15(20)16-14-18-17-13(21-14)12-8-9-12/h3-7,10,12H,8-9H2,1-2H3,(H,16,18,20)/t10-/m0/s1. The molecule has 1 aliphatic rings. The summed E-state index contributed by atoms with van der Waals surface area (Å²) in [6.07, 6.45) is 2.38. The highest BCUT2D eigenvalue weighted by atomic mass is 32.1. The Morgan fingerprint density at radius 1 is 1.33 bits per heavy atom. The minimum Gasteiger partial charge on any atom is -0.321 e. The smallest absolute Gasteiger partial charge is 0.321 e. The molecule has 21 heavy (non-hydrogen) atoms. The molecule has 1 saturated carbocycles. The Balaban J connectivity index is 1.63. The van der Waals surface area contributed by atoms with Crippen molar-refractivity contribution < 1.29 is 4.79 Å². The van der Waals surface area contributed by atoms with Gasteiger partial charge in [0.05, 0.1) is 6.04 Å². The molecule has 0 aliphatic heterocycles. The van der Waals surface area contributed by atoms with E-state index < -0.39 is 0 Å². The number of aromatic nitrogens is 2. The molecule has 1 aromatic carbocycles. The van der Waals surface area contributed by atoms with Crippen molar-refractivity contribution in [2.75, 3.05) is 12.4 Å². The number of hydrogen-bond donors (Lipinski definition) is 1. The number of urea groups is 1. The van der Waals surface area contributed by atoms with E-state index in [0.29, 0.717) is 11.0 Å². The normalized spacial score (nSPS) is 15.5. The molecule has 0 radical (unpaired) electrons. The average Bonchev–Trinajstić information content (AvgIpc) is 3.27. The van der Waals surface area contributed by atoms with Gasteiger partial charge in [-0.3, -0.25) is 5.32 Å². The van der Waals surface area contributed by atoms with Gasteiger partial charge in [-0.1, -0.05) is 41.7 Å². The van der Waals surface area contributed by atoms with Crippen molar-refractivity contribution >= 4 is 22.5 Å². The van der Waals surface area contributed by atoms with Crippen LogP contribution in [-0.2, 0) is 0 Å². The first-order valence-electron chi connectivity index (χ1n) is 7.07. The van der Waals surface area contributed by atoms with Crippen molar-refractivity contribution in [3.8, 4) is 0 Å². The number of benzene rings is 1. The Morgan fingerprint density at radius 3 is 2.71 bits per heavy atom. The lowest BCUT2D eigenvalue weighted by Gasteiger charge is -2.24. The number of nitrogens with zero attached hydrogens (tertiary/aromatic N) is 3. The molecule has 1 fully saturated rings. The third-order valence-electron chi connectivity index (χ3n) is 3.76. The van der Waals surface area contributed by atoms with Crippen molar-refractivity contribution in [2.24, 2.45) is 0 Å². The first-order chi connectivity index (χ1) is 10.1. The second-order valence-corrected chi connectivity index (χ2v) is 6.36. The van der Waals surface area contributed by atoms with Crippen LogP contribution < -0.4 is 5.32 Å². The summed E-state index contributed by atoms with van der Waals surface area (Å²) in [7, 11) is 1.79. The van der Waals surface area contributed by atoms with Crippen LogP contribution in [0.25, 0.3) is 0 Å². The Morgan fingerprint density at radius 2 is 2.05 bits per heavy atom. The van der Waals surface area contributed by atoms with Crippen LogP contribution >= 0.6 is 11.3 Å². The predicted octanol–water partition coefficient (Wildman–Crippen LogP) is 3.64. The molecule has 6 heteroatoms. The summed E-state index contributed by atoms with van der Waals surface area (Å²) in [5.41, 5.74) is 1.10. The fourth-order valence-electron chi connectivity index (χ4n) is 2.09.